The van der Waals surface area contributed by atoms with Crippen molar-refractivity contribution in [3.05, 3.63) is 98.4 Å². The molecule has 208 valence electrons. The van der Waals surface area contributed by atoms with Crippen LogP contribution in [0.25, 0.3) is 0 Å². The van der Waals surface area contributed by atoms with E-state index in [1.165, 1.54) is 56.7 Å². The number of carbonyl (C=O) groups is 5. The third kappa shape index (κ3) is 6.03. The molecule has 0 aliphatic carbocycles. The molecule has 4 amide bonds. The first-order valence-corrected chi connectivity index (χ1v) is 14.2. The average molecular weight is 589 g/mol. The Morgan fingerprint density at radius 2 is 1.66 bits per heavy atom. The molecule has 2 aromatic carbocycles. The van der Waals surface area contributed by atoms with Crippen molar-refractivity contribution in [1.29, 1.82) is 0 Å². The molecule has 0 saturated heterocycles. The first kappa shape index (κ1) is 27.7. The van der Waals surface area contributed by atoms with Gasteiger partial charge in [-0.2, -0.15) is 0 Å². The molecule has 0 fully saturated rings. The maximum atomic E-state index is 14.0. The number of carbonyl (C=O) groups excluding carboxylic acids is 4. The minimum atomic E-state index is -1.23. The van der Waals surface area contributed by atoms with Gasteiger partial charge in [-0.25, -0.2) is 9.59 Å². The molecule has 10 nitrogen and oxygen atoms in total. The molecule has 3 N–H and O–H groups in total. The van der Waals surface area contributed by atoms with Crippen molar-refractivity contribution >= 4 is 69.3 Å². The molecule has 0 spiro atoms. The highest BCUT2D eigenvalue weighted by Gasteiger charge is 2.38. The molecule has 1 aliphatic heterocycles. The Labute approximate surface area is 242 Å². The third-order valence-electron chi connectivity index (χ3n) is 6.39. The fourth-order valence-electron chi connectivity index (χ4n) is 4.45. The standard InChI is InChI=1S/C29H24N4O6S2/c1-17-9-10-21-22(13-17)33(16-23(34)24-7-3-11-40-24)26(35)20(15-32(21)27(36)25-8-4-12-41-25)31-29(39)30-19-6-2-5-18(14-19)28(37)38/h2-14,20H,15-16H2,1H3,(H,37,38)(H2,30,31,39). The number of thiophene rings is 2. The second-order valence-electron chi connectivity index (χ2n) is 9.25. The molecular weight excluding hydrogens is 564 g/mol. The number of urea groups is 1. The molecule has 3 heterocycles. The monoisotopic (exact) mass is 588 g/mol. The number of hydrogen-bond acceptors (Lipinski definition) is 7. The number of benzene rings is 2. The van der Waals surface area contributed by atoms with E-state index in [4.69, 9.17) is 0 Å². The van der Waals surface area contributed by atoms with Gasteiger partial charge in [0.1, 0.15) is 6.04 Å². The number of rotatable bonds is 7. The van der Waals surface area contributed by atoms with E-state index >= 15 is 0 Å². The fraction of sp³-hybridized carbons (Fsp3) is 0.138. The Kier molecular flexibility index (Phi) is 7.95. The number of carboxylic acid groups (broad SMARTS) is 1. The Balaban J connectivity index is 1.51. The largest absolute Gasteiger partial charge is 0.478 e. The van der Waals surface area contributed by atoms with Gasteiger partial charge >= 0.3 is 12.0 Å². The van der Waals surface area contributed by atoms with Gasteiger partial charge in [0.05, 0.1) is 39.8 Å². The number of hydrogen-bond donors (Lipinski definition) is 3. The predicted molar refractivity (Wildman–Crippen MR) is 158 cm³/mol. The lowest BCUT2D eigenvalue weighted by molar-refractivity contribution is -0.119. The third-order valence-corrected chi connectivity index (χ3v) is 8.16. The molecule has 1 aliphatic rings. The smallest absolute Gasteiger partial charge is 0.335 e. The van der Waals surface area contributed by atoms with Crippen LogP contribution in [0.3, 0.4) is 0 Å². The van der Waals surface area contributed by atoms with Crippen LogP contribution < -0.4 is 20.4 Å². The van der Waals surface area contributed by atoms with E-state index in [0.717, 1.165) is 5.56 Å². The summed E-state index contributed by atoms with van der Waals surface area (Å²) in [6.07, 6.45) is 0. The predicted octanol–water partition coefficient (Wildman–Crippen LogP) is 4.88. The number of Topliss-reactive ketones (excluding diaryl/α,β-unsaturated/α-hetero) is 1. The molecule has 0 saturated carbocycles. The first-order valence-electron chi connectivity index (χ1n) is 12.5. The highest BCUT2D eigenvalue weighted by molar-refractivity contribution is 7.12. The van der Waals surface area contributed by atoms with E-state index in [1.807, 2.05) is 13.0 Å². The van der Waals surface area contributed by atoms with Gasteiger partial charge in [0, 0.05) is 5.69 Å². The second kappa shape index (κ2) is 11.7. The summed E-state index contributed by atoms with van der Waals surface area (Å²) in [5.41, 5.74) is 1.81. The van der Waals surface area contributed by atoms with Crippen molar-refractivity contribution in [2.45, 2.75) is 13.0 Å². The zero-order valence-corrected chi connectivity index (χ0v) is 23.3. The van der Waals surface area contributed by atoms with Crippen molar-refractivity contribution in [2.75, 3.05) is 28.2 Å². The van der Waals surface area contributed by atoms with E-state index in [2.05, 4.69) is 10.6 Å². The normalized spacial score (nSPS) is 14.7. The maximum absolute atomic E-state index is 14.0. The highest BCUT2D eigenvalue weighted by atomic mass is 32.1. The van der Waals surface area contributed by atoms with Crippen LogP contribution in [-0.4, -0.2) is 53.8 Å². The Bertz CT molecular complexity index is 1630. The molecule has 0 radical (unpaired) electrons. The number of carboxylic acids is 1. The Morgan fingerprint density at radius 3 is 2.34 bits per heavy atom. The maximum Gasteiger partial charge on any atom is 0.335 e. The van der Waals surface area contributed by atoms with Gasteiger partial charge in [0.25, 0.3) is 11.8 Å². The molecule has 1 unspecified atom stereocenters. The Morgan fingerprint density at radius 1 is 0.927 bits per heavy atom. The average Bonchev–Trinajstić information content (AvgIpc) is 3.67. The molecule has 2 aromatic heterocycles. The van der Waals surface area contributed by atoms with Crippen molar-refractivity contribution in [3.63, 3.8) is 0 Å². The summed E-state index contributed by atoms with van der Waals surface area (Å²) in [6.45, 7) is 1.35. The summed E-state index contributed by atoms with van der Waals surface area (Å²) in [5, 5.41) is 18.0. The van der Waals surface area contributed by atoms with Crippen LogP contribution in [-0.2, 0) is 4.79 Å². The van der Waals surface area contributed by atoms with Crippen LogP contribution in [0.5, 0.6) is 0 Å². The van der Waals surface area contributed by atoms with Gasteiger partial charge in [-0.3, -0.25) is 14.4 Å². The lowest BCUT2D eigenvalue weighted by Gasteiger charge is -2.25. The summed E-state index contributed by atoms with van der Waals surface area (Å²) in [7, 11) is 0. The van der Waals surface area contributed by atoms with E-state index in [1.54, 1.807) is 47.2 Å². The van der Waals surface area contributed by atoms with Crippen LogP contribution in [0, 0.1) is 6.92 Å². The number of nitrogens with one attached hydrogen (secondary N) is 2. The van der Waals surface area contributed by atoms with E-state index < -0.39 is 23.9 Å². The summed E-state index contributed by atoms with van der Waals surface area (Å²) < 4.78 is 0. The summed E-state index contributed by atoms with van der Waals surface area (Å²) in [5.74, 6) is -2.37. The lowest BCUT2D eigenvalue weighted by Crippen LogP contribution is -2.54. The minimum absolute atomic E-state index is 0.0230. The fourth-order valence-corrected chi connectivity index (χ4v) is 5.78. The van der Waals surface area contributed by atoms with Crippen LogP contribution in [0.2, 0.25) is 0 Å². The summed E-state index contributed by atoms with van der Waals surface area (Å²) in [4.78, 5) is 68.9. The van der Waals surface area contributed by atoms with Crippen LogP contribution in [0.4, 0.5) is 21.9 Å². The van der Waals surface area contributed by atoms with Crippen molar-refractivity contribution in [1.82, 2.24) is 5.32 Å². The number of fused-ring (bicyclic) bond motifs is 1. The second-order valence-corrected chi connectivity index (χ2v) is 11.1. The van der Waals surface area contributed by atoms with E-state index in [9.17, 15) is 29.1 Å². The SMILES string of the molecule is Cc1ccc2c(c1)N(CC(=O)c1cccs1)C(=O)C(NC(=O)Nc1cccc(C(=O)O)c1)CN2C(=O)c1cccs1. The van der Waals surface area contributed by atoms with E-state index in [-0.39, 0.29) is 36.0 Å². The lowest BCUT2D eigenvalue weighted by atomic mass is 10.1. The van der Waals surface area contributed by atoms with Gasteiger partial charge < -0.3 is 25.5 Å². The van der Waals surface area contributed by atoms with Crippen molar-refractivity contribution < 1.29 is 29.1 Å². The van der Waals surface area contributed by atoms with Gasteiger partial charge in [-0.15, -0.1) is 22.7 Å². The number of ketones is 1. The van der Waals surface area contributed by atoms with Crippen LogP contribution in [0.1, 0.15) is 35.3 Å². The molecule has 4 aromatic rings. The van der Waals surface area contributed by atoms with Gasteiger partial charge in [0.15, 0.2) is 5.78 Å². The molecular formula is C29H24N4O6S2. The zero-order valence-electron chi connectivity index (χ0n) is 21.7. The van der Waals surface area contributed by atoms with Gasteiger partial charge in [-0.1, -0.05) is 24.3 Å². The summed E-state index contributed by atoms with van der Waals surface area (Å²) in [6, 6.07) is 15.8. The van der Waals surface area contributed by atoms with Crippen LogP contribution in [0.15, 0.2) is 77.5 Å². The molecule has 1 atom stereocenters. The Hall–Kier alpha value is -4.81. The highest BCUT2D eigenvalue weighted by Crippen LogP contribution is 2.35. The minimum Gasteiger partial charge on any atom is -0.478 e. The number of amides is 4. The van der Waals surface area contributed by atoms with Gasteiger partial charge in [0.2, 0.25) is 0 Å². The first-order chi connectivity index (χ1) is 19.7. The van der Waals surface area contributed by atoms with Gasteiger partial charge in [-0.05, 0) is 65.7 Å². The molecule has 5 rings (SSSR count). The number of anilines is 3. The topological polar surface area (TPSA) is 136 Å². The molecule has 12 heteroatoms. The van der Waals surface area contributed by atoms with Crippen LogP contribution >= 0.6 is 22.7 Å². The number of aromatic carboxylic acids is 1. The van der Waals surface area contributed by atoms with Crippen molar-refractivity contribution in [3.8, 4) is 0 Å². The quantitative estimate of drug-likeness (QED) is 0.263. The summed E-state index contributed by atoms with van der Waals surface area (Å²) >= 11 is 2.51. The van der Waals surface area contributed by atoms with Crippen molar-refractivity contribution in [2.24, 2.45) is 0 Å². The van der Waals surface area contributed by atoms with E-state index in [0.29, 0.717) is 21.1 Å². The number of nitrogens with zero attached hydrogens (tertiary/aromatic N) is 2. The zero-order chi connectivity index (χ0) is 29.1. The molecule has 0 bridgehead atoms. The number of aryl methyl sites for hydroxylation is 1. The molecule has 41 heavy (non-hydrogen) atoms.